The van der Waals surface area contributed by atoms with Crippen LogP contribution in [-0.2, 0) is 0 Å². The molecule has 0 aliphatic carbocycles. The third kappa shape index (κ3) is 2.89. The number of thiazole rings is 1. The van der Waals surface area contributed by atoms with Crippen LogP contribution in [0, 0.1) is 0 Å². The first-order valence-corrected chi connectivity index (χ1v) is 8.33. The Morgan fingerprint density at radius 1 is 1.04 bits per heavy atom. The predicted octanol–water partition coefficient (Wildman–Crippen LogP) is 4.71. The number of hydrogen-bond donors (Lipinski definition) is 1. The Morgan fingerprint density at radius 3 is 2.67 bits per heavy atom. The van der Waals surface area contributed by atoms with Gasteiger partial charge >= 0.3 is 11.6 Å². The average Bonchev–Trinajstić information content (AvgIpc) is 3.04. The number of halogens is 1. The number of hydrogen-bond acceptors (Lipinski definition) is 6. The van der Waals surface area contributed by atoms with E-state index in [0.717, 1.165) is 11.3 Å². The van der Waals surface area contributed by atoms with Crippen molar-refractivity contribution in [1.82, 2.24) is 9.97 Å². The van der Waals surface area contributed by atoms with Gasteiger partial charge in [0.1, 0.15) is 0 Å². The lowest BCUT2D eigenvalue weighted by molar-refractivity contribution is 0.522. The van der Waals surface area contributed by atoms with E-state index < -0.39 is 5.63 Å². The Kier molecular flexibility index (Phi) is 3.76. The zero-order chi connectivity index (χ0) is 16.5. The van der Waals surface area contributed by atoms with Gasteiger partial charge < -0.3 is 4.42 Å². The van der Waals surface area contributed by atoms with Gasteiger partial charge in [0.25, 0.3) is 0 Å². The maximum absolute atomic E-state index is 12.0. The van der Waals surface area contributed by atoms with Crippen molar-refractivity contribution in [2.24, 2.45) is 0 Å². The Bertz CT molecular complexity index is 1070. The molecule has 2 aromatic carbocycles. The standard InChI is InChI=1S/C17H10ClN3O2S/c18-11-7-5-10(6-8-11)14-9-24-17(20-14)21-16-19-13-4-2-1-3-12(13)15(22)23-16/h1-9H,(H,19,20,21). The minimum absolute atomic E-state index is 0.121. The molecule has 0 aliphatic rings. The van der Waals surface area contributed by atoms with E-state index >= 15 is 0 Å². The van der Waals surface area contributed by atoms with Gasteiger partial charge in [-0.05, 0) is 24.3 Å². The fraction of sp³-hybridized carbons (Fsp3) is 0. The van der Waals surface area contributed by atoms with E-state index in [1.807, 2.05) is 35.7 Å². The maximum atomic E-state index is 12.0. The second-order valence-corrected chi connectivity index (χ2v) is 6.29. The molecule has 0 unspecified atom stereocenters. The molecule has 0 saturated heterocycles. The van der Waals surface area contributed by atoms with Crippen molar-refractivity contribution >= 4 is 45.0 Å². The number of nitrogens with zero attached hydrogens (tertiary/aromatic N) is 2. The van der Waals surface area contributed by atoms with Crippen LogP contribution in [0.3, 0.4) is 0 Å². The Balaban J connectivity index is 1.64. The van der Waals surface area contributed by atoms with Gasteiger partial charge in [-0.25, -0.2) is 9.78 Å². The highest BCUT2D eigenvalue weighted by atomic mass is 35.5. The summed E-state index contributed by atoms with van der Waals surface area (Å²) in [7, 11) is 0. The third-order valence-corrected chi connectivity index (χ3v) is 4.40. The van der Waals surface area contributed by atoms with Crippen LogP contribution < -0.4 is 10.9 Å². The average molecular weight is 356 g/mol. The topological polar surface area (TPSA) is 68.0 Å². The van der Waals surface area contributed by atoms with Gasteiger partial charge in [-0.2, -0.15) is 4.98 Å². The van der Waals surface area contributed by atoms with Gasteiger partial charge in [0.05, 0.1) is 16.6 Å². The lowest BCUT2D eigenvalue weighted by Gasteiger charge is -2.01. The fourth-order valence-corrected chi connectivity index (χ4v) is 3.08. The van der Waals surface area contributed by atoms with E-state index in [4.69, 9.17) is 16.0 Å². The molecule has 1 N–H and O–H groups in total. The van der Waals surface area contributed by atoms with E-state index in [9.17, 15) is 4.79 Å². The summed E-state index contributed by atoms with van der Waals surface area (Å²) in [4.78, 5) is 20.7. The van der Waals surface area contributed by atoms with Gasteiger partial charge in [-0.15, -0.1) is 11.3 Å². The third-order valence-electron chi connectivity index (χ3n) is 3.39. The number of rotatable bonds is 3. The normalized spacial score (nSPS) is 10.9. The molecule has 4 aromatic rings. The zero-order valence-corrected chi connectivity index (χ0v) is 13.8. The lowest BCUT2D eigenvalue weighted by Crippen LogP contribution is -2.04. The van der Waals surface area contributed by atoms with E-state index in [1.165, 1.54) is 11.3 Å². The molecule has 0 fully saturated rings. The molecule has 5 nitrogen and oxygen atoms in total. The van der Waals surface area contributed by atoms with Crippen LogP contribution >= 0.6 is 22.9 Å². The van der Waals surface area contributed by atoms with Gasteiger partial charge in [0.2, 0.25) is 0 Å². The molecular formula is C17H10ClN3O2S. The van der Waals surface area contributed by atoms with Crippen molar-refractivity contribution in [2.75, 3.05) is 5.32 Å². The summed E-state index contributed by atoms with van der Waals surface area (Å²) in [6.45, 7) is 0. The highest BCUT2D eigenvalue weighted by Gasteiger charge is 2.09. The molecule has 0 radical (unpaired) electrons. The number of fused-ring (bicyclic) bond motifs is 1. The molecule has 2 aromatic heterocycles. The van der Waals surface area contributed by atoms with Crippen LogP contribution in [0.15, 0.2) is 63.1 Å². The minimum Gasteiger partial charge on any atom is -0.388 e. The molecule has 4 rings (SSSR count). The van der Waals surface area contributed by atoms with Crippen molar-refractivity contribution in [2.45, 2.75) is 0 Å². The van der Waals surface area contributed by atoms with Gasteiger partial charge in [0, 0.05) is 16.0 Å². The quantitative estimate of drug-likeness (QED) is 0.576. The fourth-order valence-electron chi connectivity index (χ4n) is 2.25. The molecular weight excluding hydrogens is 346 g/mol. The molecule has 0 bridgehead atoms. The molecule has 0 atom stereocenters. The number of para-hydroxylation sites is 1. The summed E-state index contributed by atoms with van der Waals surface area (Å²) in [5.41, 5.74) is 1.90. The Labute approximate surface area is 145 Å². The monoisotopic (exact) mass is 355 g/mol. The molecule has 0 aliphatic heterocycles. The minimum atomic E-state index is -0.433. The summed E-state index contributed by atoms with van der Waals surface area (Å²) >= 11 is 7.29. The Morgan fingerprint density at radius 2 is 1.83 bits per heavy atom. The number of aromatic nitrogens is 2. The zero-order valence-electron chi connectivity index (χ0n) is 12.2. The summed E-state index contributed by atoms with van der Waals surface area (Å²) in [5, 5.41) is 6.56. The van der Waals surface area contributed by atoms with Crippen LogP contribution in [0.2, 0.25) is 5.02 Å². The molecule has 2 heterocycles. The lowest BCUT2D eigenvalue weighted by atomic mass is 10.2. The van der Waals surface area contributed by atoms with E-state index in [0.29, 0.717) is 21.1 Å². The van der Waals surface area contributed by atoms with Gasteiger partial charge in [0.15, 0.2) is 5.13 Å². The first-order chi connectivity index (χ1) is 11.7. The maximum Gasteiger partial charge on any atom is 0.348 e. The van der Waals surface area contributed by atoms with Crippen molar-refractivity contribution < 1.29 is 4.42 Å². The van der Waals surface area contributed by atoms with E-state index in [1.54, 1.807) is 18.2 Å². The SMILES string of the molecule is O=c1oc(Nc2nc(-c3ccc(Cl)cc3)cs2)nc2ccccc12. The number of benzene rings is 2. The highest BCUT2D eigenvalue weighted by molar-refractivity contribution is 7.14. The van der Waals surface area contributed by atoms with Crippen LogP contribution in [0.1, 0.15) is 0 Å². The molecule has 0 saturated carbocycles. The van der Waals surface area contributed by atoms with Gasteiger partial charge in [-0.1, -0.05) is 35.9 Å². The summed E-state index contributed by atoms with van der Waals surface area (Å²) < 4.78 is 5.20. The van der Waals surface area contributed by atoms with Crippen LogP contribution in [0.25, 0.3) is 22.2 Å². The first kappa shape index (κ1) is 14.9. The highest BCUT2D eigenvalue weighted by Crippen LogP contribution is 2.27. The summed E-state index contributed by atoms with van der Waals surface area (Å²) in [6, 6.07) is 14.6. The van der Waals surface area contributed by atoms with Crippen molar-refractivity contribution in [3.05, 3.63) is 69.4 Å². The smallest absolute Gasteiger partial charge is 0.348 e. The molecule has 7 heteroatoms. The van der Waals surface area contributed by atoms with Crippen molar-refractivity contribution in [3.8, 4) is 11.3 Å². The second-order valence-electron chi connectivity index (χ2n) is 4.99. The second kappa shape index (κ2) is 6.07. The molecule has 0 spiro atoms. The van der Waals surface area contributed by atoms with Crippen LogP contribution in [-0.4, -0.2) is 9.97 Å². The molecule has 24 heavy (non-hydrogen) atoms. The Hall–Kier alpha value is -2.70. The molecule has 0 amide bonds. The van der Waals surface area contributed by atoms with Crippen LogP contribution in [0.4, 0.5) is 11.1 Å². The number of anilines is 2. The predicted molar refractivity (Wildman–Crippen MR) is 96.1 cm³/mol. The van der Waals surface area contributed by atoms with E-state index in [-0.39, 0.29) is 6.01 Å². The summed E-state index contributed by atoms with van der Waals surface area (Å²) in [6.07, 6.45) is 0. The molecule has 118 valence electrons. The van der Waals surface area contributed by atoms with E-state index in [2.05, 4.69) is 15.3 Å². The van der Waals surface area contributed by atoms with Crippen molar-refractivity contribution in [1.29, 1.82) is 0 Å². The van der Waals surface area contributed by atoms with Crippen molar-refractivity contribution in [3.63, 3.8) is 0 Å². The summed E-state index contributed by atoms with van der Waals surface area (Å²) in [5.74, 6) is 0. The van der Waals surface area contributed by atoms with Gasteiger partial charge in [-0.3, -0.25) is 5.32 Å². The van der Waals surface area contributed by atoms with Crippen LogP contribution in [0.5, 0.6) is 0 Å². The first-order valence-electron chi connectivity index (χ1n) is 7.07. The number of nitrogens with one attached hydrogen (secondary N) is 1. The largest absolute Gasteiger partial charge is 0.388 e.